The number of piperidine rings is 1. The standard InChI is InChI=1S/C23H36N2O2/c1-27-17-7-9-20-11-15-25(16-12-20)23(26)22-10-6-8-21(18-22)19-24-13-4-2-3-5-14-24/h6,8,10,18,20H,2-5,7,9,11-17,19H2,1H3. The summed E-state index contributed by atoms with van der Waals surface area (Å²) in [6.07, 6.45) is 9.93. The van der Waals surface area contributed by atoms with Crippen LogP contribution in [0.1, 0.15) is 67.3 Å². The van der Waals surface area contributed by atoms with E-state index in [9.17, 15) is 4.79 Å². The zero-order chi connectivity index (χ0) is 18.9. The fourth-order valence-corrected chi connectivity index (χ4v) is 4.48. The summed E-state index contributed by atoms with van der Waals surface area (Å²) in [4.78, 5) is 17.6. The van der Waals surface area contributed by atoms with Crippen molar-refractivity contribution < 1.29 is 9.53 Å². The molecule has 0 spiro atoms. The van der Waals surface area contributed by atoms with Gasteiger partial charge in [0.1, 0.15) is 0 Å². The van der Waals surface area contributed by atoms with Crippen LogP contribution in [-0.2, 0) is 11.3 Å². The summed E-state index contributed by atoms with van der Waals surface area (Å²) < 4.78 is 5.15. The lowest BCUT2D eigenvalue weighted by atomic mass is 9.92. The summed E-state index contributed by atoms with van der Waals surface area (Å²) in [5, 5.41) is 0. The van der Waals surface area contributed by atoms with Gasteiger partial charge < -0.3 is 9.64 Å². The number of carbonyl (C=O) groups excluding carboxylic acids is 1. The minimum Gasteiger partial charge on any atom is -0.385 e. The molecule has 0 aliphatic carbocycles. The molecule has 27 heavy (non-hydrogen) atoms. The van der Waals surface area contributed by atoms with Crippen LogP contribution < -0.4 is 0 Å². The van der Waals surface area contributed by atoms with Gasteiger partial charge in [0.05, 0.1) is 0 Å². The molecule has 150 valence electrons. The number of hydrogen-bond acceptors (Lipinski definition) is 3. The second-order valence-corrected chi connectivity index (χ2v) is 8.26. The molecule has 0 bridgehead atoms. The quantitative estimate of drug-likeness (QED) is 0.668. The summed E-state index contributed by atoms with van der Waals surface area (Å²) in [7, 11) is 1.77. The average molecular weight is 373 g/mol. The molecule has 2 fully saturated rings. The Morgan fingerprint density at radius 3 is 2.52 bits per heavy atom. The Hall–Kier alpha value is -1.39. The monoisotopic (exact) mass is 372 g/mol. The van der Waals surface area contributed by atoms with E-state index >= 15 is 0 Å². The van der Waals surface area contributed by atoms with Crippen LogP contribution in [0.5, 0.6) is 0 Å². The predicted octanol–water partition coefficient (Wildman–Crippen LogP) is 4.34. The van der Waals surface area contributed by atoms with Gasteiger partial charge in [-0.1, -0.05) is 25.0 Å². The lowest BCUT2D eigenvalue weighted by Crippen LogP contribution is -2.38. The smallest absolute Gasteiger partial charge is 0.253 e. The molecular weight excluding hydrogens is 336 g/mol. The van der Waals surface area contributed by atoms with Gasteiger partial charge in [-0.15, -0.1) is 0 Å². The van der Waals surface area contributed by atoms with Crippen LogP contribution in [0.2, 0.25) is 0 Å². The van der Waals surface area contributed by atoms with Gasteiger partial charge in [-0.2, -0.15) is 0 Å². The molecule has 0 atom stereocenters. The molecule has 1 aromatic carbocycles. The molecule has 0 aromatic heterocycles. The van der Waals surface area contributed by atoms with Crippen molar-refractivity contribution in [1.82, 2.24) is 9.80 Å². The normalized spacial score (nSPS) is 19.8. The molecule has 4 nitrogen and oxygen atoms in total. The molecule has 0 N–H and O–H groups in total. The average Bonchev–Trinajstić information content (AvgIpc) is 2.97. The van der Waals surface area contributed by atoms with Crippen molar-refractivity contribution in [3.8, 4) is 0 Å². The summed E-state index contributed by atoms with van der Waals surface area (Å²) in [6, 6.07) is 8.33. The van der Waals surface area contributed by atoms with E-state index in [1.165, 1.54) is 50.8 Å². The molecule has 3 rings (SSSR count). The lowest BCUT2D eigenvalue weighted by molar-refractivity contribution is 0.0681. The molecule has 2 aliphatic heterocycles. The fourth-order valence-electron chi connectivity index (χ4n) is 4.48. The number of hydrogen-bond donors (Lipinski definition) is 0. The summed E-state index contributed by atoms with van der Waals surface area (Å²) in [5.74, 6) is 0.960. The number of ether oxygens (including phenoxy) is 1. The van der Waals surface area contributed by atoms with Gasteiger partial charge >= 0.3 is 0 Å². The van der Waals surface area contributed by atoms with Crippen LogP contribution in [0.15, 0.2) is 24.3 Å². The third-order valence-electron chi connectivity index (χ3n) is 6.14. The third-order valence-corrected chi connectivity index (χ3v) is 6.14. The number of nitrogens with zero attached hydrogens (tertiary/aromatic N) is 2. The first-order valence-corrected chi connectivity index (χ1v) is 10.9. The number of likely N-dealkylation sites (tertiary alicyclic amines) is 2. The van der Waals surface area contributed by atoms with Crippen molar-refractivity contribution in [1.29, 1.82) is 0 Å². The fraction of sp³-hybridized carbons (Fsp3) is 0.696. The SMILES string of the molecule is COCCCC1CCN(C(=O)c2cccc(CN3CCCCCC3)c2)CC1. The Labute approximate surface area is 164 Å². The maximum atomic E-state index is 13.0. The summed E-state index contributed by atoms with van der Waals surface area (Å²) in [5.41, 5.74) is 2.14. The van der Waals surface area contributed by atoms with E-state index in [2.05, 4.69) is 28.0 Å². The zero-order valence-corrected chi connectivity index (χ0v) is 17.0. The Balaban J connectivity index is 1.51. The van der Waals surface area contributed by atoms with Crippen molar-refractivity contribution in [3.63, 3.8) is 0 Å². The van der Waals surface area contributed by atoms with Crippen LogP contribution in [-0.4, -0.2) is 55.6 Å². The van der Waals surface area contributed by atoms with Gasteiger partial charge in [-0.3, -0.25) is 9.69 Å². The van der Waals surface area contributed by atoms with E-state index in [1.807, 2.05) is 6.07 Å². The molecule has 1 amide bonds. The van der Waals surface area contributed by atoms with Crippen LogP contribution in [0.3, 0.4) is 0 Å². The predicted molar refractivity (Wildman–Crippen MR) is 110 cm³/mol. The van der Waals surface area contributed by atoms with Crippen molar-refractivity contribution in [2.45, 2.75) is 57.9 Å². The largest absolute Gasteiger partial charge is 0.385 e. The number of carbonyl (C=O) groups is 1. The highest BCUT2D eigenvalue weighted by Crippen LogP contribution is 2.23. The van der Waals surface area contributed by atoms with Crippen LogP contribution >= 0.6 is 0 Å². The number of benzene rings is 1. The lowest BCUT2D eigenvalue weighted by Gasteiger charge is -2.32. The first-order chi connectivity index (χ1) is 13.3. The minimum atomic E-state index is 0.211. The van der Waals surface area contributed by atoms with E-state index in [4.69, 9.17) is 4.74 Å². The van der Waals surface area contributed by atoms with Gasteiger partial charge in [-0.05, 0) is 75.2 Å². The first-order valence-electron chi connectivity index (χ1n) is 10.9. The molecule has 0 saturated carbocycles. The molecule has 2 heterocycles. The summed E-state index contributed by atoms with van der Waals surface area (Å²) in [6.45, 7) is 5.99. The third kappa shape index (κ3) is 6.32. The van der Waals surface area contributed by atoms with Gasteiger partial charge in [0.25, 0.3) is 5.91 Å². The maximum Gasteiger partial charge on any atom is 0.253 e. The Morgan fingerprint density at radius 2 is 1.81 bits per heavy atom. The maximum absolute atomic E-state index is 13.0. The van der Waals surface area contributed by atoms with E-state index in [1.54, 1.807) is 7.11 Å². The Kier molecular flexibility index (Phi) is 8.15. The van der Waals surface area contributed by atoms with Crippen LogP contribution in [0.4, 0.5) is 0 Å². The second-order valence-electron chi connectivity index (χ2n) is 8.26. The molecule has 1 aromatic rings. The summed E-state index contributed by atoms with van der Waals surface area (Å²) >= 11 is 0. The van der Waals surface area contributed by atoms with Gasteiger partial charge in [-0.25, -0.2) is 0 Å². The number of rotatable bonds is 7. The van der Waals surface area contributed by atoms with Crippen molar-refractivity contribution in [2.24, 2.45) is 5.92 Å². The minimum absolute atomic E-state index is 0.211. The molecule has 2 aliphatic rings. The highest BCUT2D eigenvalue weighted by Gasteiger charge is 2.23. The Bertz CT molecular complexity index is 573. The van der Waals surface area contributed by atoms with E-state index < -0.39 is 0 Å². The van der Waals surface area contributed by atoms with Crippen molar-refractivity contribution in [2.75, 3.05) is 39.9 Å². The van der Waals surface area contributed by atoms with E-state index in [0.29, 0.717) is 0 Å². The first kappa shape index (κ1) is 20.3. The zero-order valence-electron chi connectivity index (χ0n) is 17.0. The van der Waals surface area contributed by atoms with Gasteiger partial charge in [0.2, 0.25) is 0 Å². The molecular formula is C23H36N2O2. The molecule has 2 saturated heterocycles. The molecule has 0 radical (unpaired) electrons. The molecule has 0 unspecified atom stereocenters. The highest BCUT2D eigenvalue weighted by molar-refractivity contribution is 5.94. The van der Waals surface area contributed by atoms with Crippen molar-refractivity contribution in [3.05, 3.63) is 35.4 Å². The van der Waals surface area contributed by atoms with E-state index in [0.717, 1.165) is 57.0 Å². The highest BCUT2D eigenvalue weighted by atomic mass is 16.5. The Morgan fingerprint density at radius 1 is 1.07 bits per heavy atom. The van der Waals surface area contributed by atoms with Crippen LogP contribution in [0, 0.1) is 5.92 Å². The topological polar surface area (TPSA) is 32.8 Å². The van der Waals surface area contributed by atoms with Crippen molar-refractivity contribution >= 4 is 5.91 Å². The number of methoxy groups -OCH3 is 1. The van der Waals surface area contributed by atoms with Gasteiger partial charge in [0.15, 0.2) is 0 Å². The number of amides is 1. The van der Waals surface area contributed by atoms with Gasteiger partial charge in [0, 0.05) is 38.9 Å². The van der Waals surface area contributed by atoms with Crippen LogP contribution in [0.25, 0.3) is 0 Å². The molecule has 4 heteroatoms. The van der Waals surface area contributed by atoms with E-state index in [-0.39, 0.29) is 5.91 Å². The second kappa shape index (κ2) is 10.8.